The van der Waals surface area contributed by atoms with Gasteiger partial charge < -0.3 is 15.1 Å². The molecule has 0 spiro atoms. The van der Waals surface area contributed by atoms with Crippen molar-refractivity contribution in [3.8, 4) is 6.19 Å². The van der Waals surface area contributed by atoms with Crippen molar-refractivity contribution in [3.63, 3.8) is 0 Å². The maximum atomic E-state index is 12.7. The molecule has 1 N–H and O–H groups in total. The zero-order valence-corrected chi connectivity index (χ0v) is 15.4. The minimum absolute atomic E-state index is 0.0208. The summed E-state index contributed by atoms with van der Waals surface area (Å²) in [5.41, 5.74) is 1.13. The van der Waals surface area contributed by atoms with Gasteiger partial charge in [0, 0.05) is 24.8 Å². The lowest BCUT2D eigenvalue weighted by atomic mass is 9.94. The zero-order chi connectivity index (χ0) is 17.6. The van der Waals surface area contributed by atoms with Gasteiger partial charge in [0.25, 0.3) is 0 Å². The summed E-state index contributed by atoms with van der Waals surface area (Å²) in [6.45, 7) is 3.66. The predicted octanol–water partition coefficient (Wildman–Crippen LogP) is 2.35. The molecule has 3 heterocycles. The molecule has 3 saturated heterocycles. The average molecular weight is 361 g/mol. The number of hydrogen-bond acceptors (Lipinski definition) is 4. The van der Waals surface area contributed by atoms with Gasteiger partial charge in [-0.05, 0) is 51.2 Å². The molecule has 0 aromatic heterocycles. The van der Waals surface area contributed by atoms with Gasteiger partial charge in [-0.2, -0.15) is 5.26 Å². The molecule has 1 amide bonds. The van der Waals surface area contributed by atoms with Crippen molar-refractivity contribution in [2.24, 2.45) is 5.92 Å². The average Bonchev–Trinajstić information content (AvgIpc) is 3.27. The van der Waals surface area contributed by atoms with Crippen LogP contribution in [0.5, 0.6) is 0 Å². The van der Waals surface area contributed by atoms with Crippen LogP contribution in [0.2, 0.25) is 0 Å². The fourth-order valence-corrected chi connectivity index (χ4v) is 5.03. The predicted molar refractivity (Wildman–Crippen MR) is 96.6 cm³/mol. The highest BCUT2D eigenvalue weighted by atomic mass is 35.5. The first kappa shape index (κ1) is 16.8. The van der Waals surface area contributed by atoms with E-state index in [1.54, 1.807) is 0 Å². The normalized spacial score (nSPS) is 39.5. The number of carbonyl (C=O) groups is 1. The summed E-state index contributed by atoms with van der Waals surface area (Å²) in [5, 5.41) is 12.5. The summed E-state index contributed by atoms with van der Waals surface area (Å²) >= 11 is 6.46. The Hall–Kier alpha value is -1.67. The number of rotatable bonds is 3. The van der Waals surface area contributed by atoms with Crippen molar-refractivity contribution in [3.05, 3.63) is 23.9 Å². The van der Waals surface area contributed by atoms with E-state index in [9.17, 15) is 10.1 Å². The van der Waals surface area contributed by atoms with Gasteiger partial charge in [-0.25, -0.2) is 0 Å². The van der Waals surface area contributed by atoms with Gasteiger partial charge in [0.05, 0.1) is 22.9 Å². The smallest absolute Gasteiger partial charge is 0.225 e. The molecular weight excluding hydrogens is 336 g/mol. The van der Waals surface area contributed by atoms with Crippen LogP contribution in [0, 0.1) is 17.4 Å². The van der Waals surface area contributed by atoms with Gasteiger partial charge in [0.15, 0.2) is 6.19 Å². The van der Waals surface area contributed by atoms with E-state index in [1.165, 1.54) is 0 Å². The van der Waals surface area contributed by atoms with Gasteiger partial charge in [0.1, 0.15) is 0 Å². The van der Waals surface area contributed by atoms with E-state index < -0.39 is 0 Å². The summed E-state index contributed by atoms with van der Waals surface area (Å²) in [5.74, 6) is 0.166. The molecule has 2 bridgehead atoms. The van der Waals surface area contributed by atoms with Gasteiger partial charge >= 0.3 is 0 Å². The van der Waals surface area contributed by atoms with Crippen molar-refractivity contribution in [1.82, 2.24) is 15.1 Å². The Morgan fingerprint density at radius 3 is 3.00 bits per heavy atom. The van der Waals surface area contributed by atoms with Crippen molar-refractivity contribution < 1.29 is 4.79 Å². The highest BCUT2D eigenvalue weighted by Crippen LogP contribution is 2.37. The molecule has 3 fully saturated rings. The van der Waals surface area contributed by atoms with Gasteiger partial charge in [-0.1, -0.05) is 6.08 Å². The molecule has 4 aliphatic rings. The molecule has 1 unspecified atom stereocenters. The molecule has 0 aromatic rings. The van der Waals surface area contributed by atoms with Crippen LogP contribution in [0.15, 0.2) is 23.9 Å². The number of likely N-dealkylation sites (tertiary alicyclic amines) is 1. The molecule has 3 aliphatic heterocycles. The fraction of sp³-hybridized carbons (Fsp3) is 0.684. The van der Waals surface area contributed by atoms with E-state index in [-0.39, 0.29) is 28.8 Å². The van der Waals surface area contributed by atoms with Crippen LogP contribution in [0.3, 0.4) is 0 Å². The number of nitrogens with zero attached hydrogens (tertiary/aromatic N) is 3. The third-order valence-electron chi connectivity index (χ3n) is 6.16. The Morgan fingerprint density at radius 1 is 1.44 bits per heavy atom. The third kappa shape index (κ3) is 3.13. The summed E-state index contributed by atoms with van der Waals surface area (Å²) < 4.78 is 0. The lowest BCUT2D eigenvalue weighted by molar-refractivity contribution is -0.125. The summed E-state index contributed by atoms with van der Waals surface area (Å²) in [4.78, 5) is 16.6. The SMILES string of the molecule is CC1(Cl)C=C(N2CC[C@H](C(=O)N[C@@H]3C[C@@H]4CC[C@H]3N4C#N)C2)C=CC1. The van der Waals surface area contributed by atoms with E-state index >= 15 is 0 Å². The Kier molecular flexibility index (Phi) is 4.19. The van der Waals surface area contributed by atoms with Crippen LogP contribution >= 0.6 is 11.6 Å². The van der Waals surface area contributed by atoms with Crippen molar-refractivity contribution >= 4 is 17.5 Å². The molecule has 5 nitrogen and oxygen atoms in total. The van der Waals surface area contributed by atoms with Gasteiger partial charge in [-0.3, -0.25) is 4.79 Å². The maximum Gasteiger partial charge on any atom is 0.225 e. The third-order valence-corrected chi connectivity index (χ3v) is 6.42. The molecule has 25 heavy (non-hydrogen) atoms. The monoisotopic (exact) mass is 360 g/mol. The molecular formula is C19H25ClN4O. The topological polar surface area (TPSA) is 59.4 Å². The van der Waals surface area contributed by atoms with E-state index in [4.69, 9.17) is 11.6 Å². The number of hydrogen-bond donors (Lipinski definition) is 1. The van der Waals surface area contributed by atoms with E-state index in [0.29, 0.717) is 6.04 Å². The molecule has 0 radical (unpaired) electrons. The largest absolute Gasteiger partial charge is 0.371 e. The second kappa shape index (κ2) is 6.25. The second-order valence-electron chi connectivity index (χ2n) is 8.04. The first-order valence-electron chi connectivity index (χ1n) is 9.28. The summed E-state index contributed by atoms with van der Waals surface area (Å²) in [6.07, 6.45) is 13.4. The lowest BCUT2D eigenvalue weighted by Crippen LogP contribution is -2.45. The van der Waals surface area contributed by atoms with E-state index in [0.717, 1.165) is 50.9 Å². The van der Waals surface area contributed by atoms with Gasteiger partial charge in [-0.15, -0.1) is 11.6 Å². The van der Waals surface area contributed by atoms with Gasteiger partial charge in [0.2, 0.25) is 5.91 Å². The molecule has 6 heteroatoms. The van der Waals surface area contributed by atoms with Crippen LogP contribution in [0.4, 0.5) is 0 Å². The lowest BCUT2D eigenvalue weighted by Gasteiger charge is -2.27. The van der Waals surface area contributed by atoms with Crippen LogP contribution < -0.4 is 5.32 Å². The number of fused-ring (bicyclic) bond motifs is 2. The number of halogens is 1. The number of amides is 1. The Labute approximate surface area is 154 Å². The summed E-state index contributed by atoms with van der Waals surface area (Å²) in [6, 6.07) is 0.677. The maximum absolute atomic E-state index is 12.7. The molecule has 5 atom stereocenters. The van der Waals surface area contributed by atoms with Crippen LogP contribution in [0.25, 0.3) is 0 Å². The Balaban J connectivity index is 1.35. The highest BCUT2D eigenvalue weighted by Gasteiger charge is 2.47. The fourth-order valence-electron chi connectivity index (χ4n) is 4.83. The molecule has 0 aromatic carbocycles. The first-order valence-corrected chi connectivity index (χ1v) is 9.66. The highest BCUT2D eigenvalue weighted by molar-refractivity contribution is 6.25. The minimum Gasteiger partial charge on any atom is -0.371 e. The number of carbonyl (C=O) groups excluding carboxylic acids is 1. The van der Waals surface area contributed by atoms with Crippen LogP contribution in [0.1, 0.15) is 39.0 Å². The van der Waals surface area contributed by atoms with Crippen LogP contribution in [-0.2, 0) is 4.79 Å². The molecule has 134 valence electrons. The zero-order valence-electron chi connectivity index (χ0n) is 14.6. The van der Waals surface area contributed by atoms with Crippen molar-refractivity contribution in [2.75, 3.05) is 13.1 Å². The first-order chi connectivity index (χ1) is 12.0. The van der Waals surface area contributed by atoms with Crippen LogP contribution in [-0.4, -0.2) is 51.8 Å². The number of allylic oxidation sites excluding steroid dienone is 3. The second-order valence-corrected chi connectivity index (χ2v) is 8.91. The Morgan fingerprint density at radius 2 is 2.28 bits per heavy atom. The standard InChI is InChI=1S/C19H25ClN4O/c1-19(20)7-2-3-15(10-19)23-8-6-13(11-23)18(25)22-16-9-14-4-5-17(16)24(14)12-21/h2-3,10,13-14,16-17H,4-9,11H2,1H3,(H,22,25)/t13-,14-,16+,17+,19?/m0/s1. The van der Waals surface area contributed by atoms with Crippen molar-refractivity contribution in [2.45, 2.75) is 62.0 Å². The quantitative estimate of drug-likeness (QED) is 0.620. The molecule has 4 rings (SSSR count). The minimum atomic E-state index is -0.325. The van der Waals surface area contributed by atoms with E-state index in [2.05, 4.69) is 34.6 Å². The number of nitrogens with one attached hydrogen (secondary N) is 1. The number of alkyl halides is 1. The number of nitriles is 1. The molecule has 1 aliphatic carbocycles. The summed E-state index contributed by atoms with van der Waals surface area (Å²) in [7, 11) is 0. The van der Waals surface area contributed by atoms with Crippen molar-refractivity contribution in [1.29, 1.82) is 5.26 Å². The van der Waals surface area contributed by atoms with E-state index in [1.807, 2.05) is 11.8 Å². The Bertz CT molecular complexity index is 665. The molecule has 0 saturated carbocycles.